The van der Waals surface area contributed by atoms with E-state index in [0.29, 0.717) is 26.1 Å². The van der Waals surface area contributed by atoms with Crippen molar-refractivity contribution in [2.45, 2.75) is 38.0 Å². The number of amides is 1. The van der Waals surface area contributed by atoms with Gasteiger partial charge in [-0.2, -0.15) is 0 Å². The minimum Gasteiger partial charge on any atom is -0.480 e. The van der Waals surface area contributed by atoms with Crippen LogP contribution in [-0.4, -0.2) is 53.8 Å². The van der Waals surface area contributed by atoms with E-state index in [1.54, 1.807) is 4.90 Å². The zero-order chi connectivity index (χ0) is 17.1. The van der Waals surface area contributed by atoms with Crippen molar-refractivity contribution in [1.82, 2.24) is 4.90 Å². The summed E-state index contributed by atoms with van der Waals surface area (Å²) in [6.45, 7) is 2.08. The number of rotatable bonds is 5. The van der Waals surface area contributed by atoms with Crippen LogP contribution in [0.25, 0.3) is 0 Å². The normalized spacial score (nSPS) is 24.9. The van der Waals surface area contributed by atoms with Gasteiger partial charge in [0.25, 0.3) is 0 Å². The highest BCUT2D eigenvalue weighted by Crippen LogP contribution is 2.24. The van der Waals surface area contributed by atoms with Gasteiger partial charge in [0.2, 0.25) is 0 Å². The number of carbonyl (C=O) groups is 2. The van der Waals surface area contributed by atoms with Crippen molar-refractivity contribution >= 4 is 17.7 Å². The Morgan fingerprint density at radius 3 is 2.71 bits per heavy atom. The van der Waals surface area contributed by atoms with Crippen molar-refractivity contribution in [1.29, 1.82) is 0 Å². The quantitative estimate of drug-likeness (QED) is 0.846. The number of aliphatic carboxylic acids is 1. The molecule has 7 nitrogen and oxygen atoms in total. The first-order chi connectivity index (χ1) is 11.6. The first kappa shape index (κ1) is 16.7. The highest BCUT2D eigenvalue weighted by molar-refractivity contribution is 5.89. The second-order valence-corrected chi connectivity index (χ2v) is 6.33. The van der Waals surface area contributed by atoms with Gasteiger partial charge < -0.3 is 15.6 Å². The Kier molecular flexibility index (Phi) is 5.01. The lowest BCUT2D eigenvalue weighted by Crippen LogP contribution is -2.48. The molecule has 1 aromatic carbocycles. The van der Waals surface area contributed by atoms with Crippen LogP contribution in [0.5, 0.6) is 0 Å². The number of cyclic esters (lactones) is 1. The molecule has 0 aliphatic carbocycles. The number of hydrogen-bond donors (Lipinski definition) is 2. The summed E-state index contributed by atoms with van der Waals surface area (Å²) < 4.78 is 5.44. The summed E-state index contributed by atoms with van der Waals surface area (Å²) in [5.41, 5.74) is 7.36. The van der Waals surface area contributed by atoms with Gasteiger partial charge in [0, 0.05) is 18.8 Å². The highest BCUT2D eigenvalue weighted by atomic mass is 16.6. The molecular weight excluding hydrogens is 310 g/mol. The highest BCUT2D eigenvalue weighted by Gasteiger charge is 2.36. The van der Waals surface area contributed by atoms with E-state index >= 15 is 0 Å². The lowest BCUT2D eigenvalue weighted by molar-refractivity contribution is -0.145. The van der Waals surface area contributed by atoms with Crippen molar-refractivity contribution in [3.8, 4) is 0 Å². The number of nitrogens with zero attached hydrogens (tertiary/aromatic N) is 2. The van der Waals surface area contributed by atoms with Gasteiger partial charge >= 0.3 is 12.1 Å². The molecule has 1 amide bonds. The summed E-state index contributed by atoms with van der Waals surface area (Å²) in [4.78, 5) is 27.0. The van der Waals surface area contributed by atoms with E-state index in [0.717, 1.165) is 30.6 Å². The number of benzene rings is 1. The van der Waals surface area contributed by atoms with E-state index in [2.05, 4.69) is 0 Å². The largest absolute Gasteiger partial charge is 0.480 e. The predicted molar refractivity (Wildman–Crippen MR) is 88.8 cm³/mol. The number of carboxylic acid groups (broad SMARTS) is 1. The van der Waals surface area contributed by atoms with Crippen molar-refractivity contribution in [2.24, 2.45) is 5.73 Å². The molecule has 0 bridgehead atoms. The smallest absolute Gasteiger partial charge is 0.414 e. The first-order valence-electron chi connectivity index (χ1n) is 8.32. The third kappa shape index (κ3) is 3.52. The topological polar surface area (TPSA) is 96.1 Å². The molecule has 2 fully saturated rings. The molecule has 24 heavy (non-hydrogen) atoms. The van der Waals surface area contributed by atoms with Crippen LogP contribution in [0.4, 0.5) is 10.5 Å². The van der Waals surface area contributed by atoms with Crippen LogP contribution in [-0.2, 0) is 16.1 Å². The maximum atomic E-state index is 12.1. The van der Waals surface area contributed by atoms with E-state index in [1.807, 2.05) is 29.2 Å². The summed E-state index contributed by atoms with van der Waals surface area (Å²) >= 11 is 0. The van der Waals surface area contributed by atoms with Crippen LogP contribution in [0, 0.1) is 0 Å². The number of hydrogen-bond acceptors (Lipinski definition) is 5. The Morgan fingerprint density at radius 1 is 1.29 bits per heavy atom. The van der Waals surface area contributed by atoms with Gasteiger partial charge in [-0.05, 0) is 37.1 Å². The molecule has 0 saturated carbocycles. The molecule has 0 radical (unpaired) electrons. The van der Waals surface area contributed by atoms with Crippen LogP contribution in [0.2, 0.25) is 0 Å². The first-order valence-corrected chi connectivity index (χ1v) is 8.32. The Hall–Kier alpha value is -2.12. The van der Waals surface area contributed by atoms with Crippen LogP contribution < -0.4 is 10.6 Å². The fraction of sp³-hybridized carbons (Fsp3) is 0.529. The van der Waals surface area contributed by atoms with E-state index in [9.17, 15) is 14.7 Å². The fourth-order valence-electron chi connectivity index (χ4n) is 3.39. The molecule has 1 aromatic rings. The molecule has 2 saturated heterocycles. The summed E-state index contributed by atoms with van der Waals surface area (Å²) in [5.74, 6) is -0.798. The molecule has 3 rings (SSSR count). The van der Waals surface area contributed by atoms with Gasteiger partial charge in [0.1, 0.15) is 12.1 Å². The molecule has 3 N–H and O–H groups in total. The van der Waals surface area contributed by atoms with Gasteiger partial charge in [0.05, 0.1) is 6.54 Å². The minimum atomic E-state index is -0.798. The molecular formula is C17H23N3O4. The van der Waals surface area contributed by atoms with Gasteiger partial charge in [-0.1, -0.05) is 18.6 Å². The third-order valence-corrected chi connectivity index (χ3v) is 4.69. The fourth-order valence-corrected chi connectivity index (χ4v) is 3.39. The van der Waals surface area contributed by atoms with Crippen LogP contribution >= 0.6 is 0 Å². The lowest BCUT2D eigenvalue weighted by atomic mass is 10.0. The third-order valence-electron chi connectivity index (χ3n) is 4.69. The average Bonchev–Trinajstić information content (AvgIpc) is 2.95. The van der Waals surface area contributed by atoms with Gasteiger partial charge in [-0.15, -0.1) is 0 Å². The van der Waals surface area contributed by atoms with E-state index in [4.69, 9.17) is 10.5 Å². The molecule has 2 aliphatic heterocycles. The number of piperidine rings is 1. The number of ether oxygens (including phenoxy) is 1. The van der Waals surface area contributed by atoms with Crippen molar-refractivity contribution in [3.63, 3.8) is 0 Å². The van der Waals surface area contributed by atoms with Gasteiger partial charge in [-0.3, -0.25) is 14.6 Å². The Balaban J connectivity index is 1.64. The summed E-state index contributed by atoms with van der Waals surface area (Å²) in [6, 6.07) is 7.01. The Bertz CT molecular complexity index is 604. The zero-order valence-corrected chi connectivity index (χ0v) is 13.6. The number of likely N-dealkylation sites (tertiary alicyclic amines) is 1. The minimum absolute atomic E-state index is 0.313. The Labute approximate surface area is 141 Å². The SMILES string of the molecule is NCc1ccc(N2CC(CN3CCCCC3C(=O)O)OC2=O)cc1. The summed E-state index contributed by atoms with van der Waals surface area (Å²) in [6.07, 6.45) is 1.86. The molecule has 2 heterocycles. The van der Waals surface area contributed by atoms with Crippen LogP contribution in [0.15, 0.2) is 24.3 Å². The zero-order valence-electron chi connectivity index (χ0n) is 13.6. The lowest BCUT2D eigenvalue weighted by Gasteiger charge is -2.33. The number of anilines is 1. The van der Waals surface area contributed by atoms with E-state index < -0.39 is 12.0 Å². The molecule has 0 aromatic heterocycles. The molecule has 2 unspecified atom stereocenters. The maximum absolute atomic E-state index is 12.1. The molecule has 2 atom stereocenters. The van der Waals surface area contributed by atoms with E-state index in [1.165, 1.54) is 0 Å². The number of carboxylic acids is 1. The molecule has 7 heteroatoms. The van der Waals surface area contributed by atoms with Crippen LogP contribution in [0.1, 0.15) is 24.8 Å². The molecule has 130 valence electrons. The van der Waals surface area contributed by atoms with Crippen LogP contribution in [0.3, 0.4) is 0 Å². The second kappa shape index (κ2) is 7.19. The number of nitrogens with two attached hydrogens (primary N) is 1. The monoisotopic (exact) mass is 333 g/mol. The van der Waals surface area contributed by atoms with Gasteiger partial charge in [0.15, 0.2) is 0 Å². The standard InChI is InChI=1S/C17H23N3O4/c18-9-12-4-6-13(7-5-12)20-11-14(24-17(20)23)10-19-8-2-1-3-15(19)16(21)22/h4-7,14-15H,1-3,8-11,18H2,(H,21,22). The Morgan fingerprint density at radius 2 is 2.04 bits per heavy atom. The van der Waals surface area contributed by atoms with Gasteiger partial charge in [-0.25, -0.2) is 4.79 Å². The molecule has 2 aliphatic rings. The van der Waals surface area contributed by atoms with E-state index in [-0.39, 0.29) is 12.2 Å². The predicted octanol–water partition coefficient (Wildman–Crippen LogP) is 1.41. The maximum Gasteiger partial charge on any atom is 0.414 e. The average molecular weight is 333 g/mol. The van der Waals surface area contributed by atoms with Crippen molar-refractivity contribution < 1.29 is 19.4 Å². The molecule has 0 spiro atoms. The van der Waals surface area contributed by atoms with Crippen molar-refractivity contribution in [2.75, 3.05) is 24.5 Å². The number of carbonyl (C=O) groups excluding carboxylic acids is 1. The second-order valence-electron chi connectivity index (χ2n) is 6.33. The van der Waals surface area contributed by atoms with Crippen molar-refractivity contribution in [3.05, 3.63) is 29.8 Å². The summed E-state index contributed by atoms with van der Waals surface area (Å²) in [7, 11) is 0. The summed E-state index contributed by atoms with van der Waals surface area (Å²) in [5, 5.41) is 9.34.